The summed E-state index contributed by atoms with van der Waals surface area (Å²) < 4.78 is 3.63. The summed E-state index contributed by atoms with van der Waals surface area (Å²) in [6, 6.07) is 8.12. The molecule has 1 unspecified atom stereocenters. The van der Waals surface area contributed by atoms with Crippen LogP contribution in [-0.4, -0.2) is 58.7 Å². The lowest BCUT2D eigenvalue weighted by atomic mass is 10.1. The Kier molecular flexibility index (Phi) is 5.14. The number of hydrogen-bond acceptors (Lipinski definition) is 5. The van der Waals surface area contributed by atoms with Gasteiger partial charge in [0.25, 0.3) is 0 Å². The quantitative estimate of drug-likeness (QED) is 0.530. The van der Waals surface area contributed by atoms with Crippen LogP contribution >= 0.6 is 0 Å². The van der Waals surface area contributed by atoms with E-state index in [4.69, 9.17) is 0 Å². The number of hydrogen-bond donors (Lipinski definition) is 1. The SMILES string of the molecule is Cn1cc(-c2cccc(-c3ncc(-c4cnn(C5CCCN(C(=O)O)C5)c4)cn3)c2)cn1. The number of aryl methyl sites for hydroxylation is 1. The first kappa shape index (κ1) is 19.9. The Morgan fingerprint density at radius 3 is 2.47 bits per heavy atom. The number of benzene rings is 1. The van der Waals surface area contributed by atoms with Gasteiger partial charge in [0.2, 0.25) is 0 Å². The Balaban J connectivity index is 1.34. The molecule has 1 aliphatic rings. The Morgan fingerprint density at radius 1 is 0.969 bits per heavy atom. The first-order chi connectivity index (χ1) is 15.6. The second kappa shape index (κ2) is 8.26. The lowest BCUT2D eigenvalue weighted by Crippen LogP contribution is -2.39. The standard InChI is InChI=1S/C23H23N7O2/c1-28-13-19(11-26-28)16-4-2-5-17(8-16)22-24-9-18(10-25-22)20-12-27-30(14-20)21-6-3-7-29(15-21)23(31)32/h2,4-5,8-14,21H,3,6-7,15H2,1H3,(H,31,32). The molecule has 32 heavy (non-hydrogen) atoms. The topological polar surface area (TPSA) is 102 Å². The maximum Gasteiger partial charge on any atom is 0.407 e. The van der Waals surface area contributed by atoms with Crippen molar-refractivity contribution >= 4 is 6.09 Å². The number of nitrogens with zero attached hydrogens (tertiary/aromatic N) is 7. The summed E-state index contributed by atoms with van der Waals surface area (Å²) in [5, 5.41) is 18.0. The molecule has 0 radical (unpaired) electrons. The molecule has 1 atom stereocenters. The zero-order valence-corrected chi connectivity index (χ0v) is 17.7. The van der Waals surface area contributed by atoms with Crippen molar-refractivity contribution < 1.29 is 9.90 Å². The van der Waals surface area contributed by atoms with Gasteiger partial charge >= 0.3 is 6.09 Å². The minimum Gasteiger partial charge on any atom is -0.465 e. The van der Waals surface area contributed by atoms with Crippen molar-refractivity contribution in [1.82, 2.24) is 34.4 Å². The van der Waals surface area contributed by atoms with Crippen molar-refractivity contribution in [2.24, 2.45) is 7.05 Å². The van der Waals surface area contributed by atoms with Crippen molar-refractivity contribution in [3.63, 3.8) is 0 Å². The Bertz CT molecular complexity index is 1250. The maximum absolute atomic E-state index is 11.3. The van der Waals surface area contributed by atoms with E-state index < -0.39 is 6.09 Å². The van der Waals surface area contributed by atoms with Gasteiger partial charge in [-0.1, -0.05) is 18.2 Å². The fourth-order valence-electron chi connectivity index (χ4n) is 4.07. The van der Waals surface area contributed by atoms with Gasteiger partial charge in [0, 0.05) is 67.2 Å². The van der Waals surface area contributed by atoms with Gasteiger partial charge in [-0.15, -0.1) is 0 Å². The molecule has 4 aromatic rings. The molecule has 1 fully saturated rings. The lowest BCUT2D eigenvalue weighted by molar-refractivity contribution is 0.119. The molecule has 0 spiro atoms. The van der Waals surface area contributed by atoms with E-state index in [9.17, 15) is 9.90 Å². The largest absolute Gasteiger partial charge is 0.465 e. The molecule has 0 aliphatic carbocycles. The van der Waals surface area contributed by atoms with Crippen LogP contribution in [0.2, 0.25) is 0 Å². The molecule has 9 nitrogen and oxygen atoms in total. The number of rotatable bonds is 4. The van der Waals surface area contributed by atoms with Crippen molar-refractivity contribution in [3.8, 4) is 33.6 Å². The minimum absolute atomic E-state index is 0.0454. The van der Waals surface area contributed by atoms with Crippen LogP contribution in [0, 0.1) is 0 Å². The zero-order chi connectivity index (χ0) is 22.1. The van der Waals surface area contributed by atoms with Gasteiger partial charge in [-0.05, 0) is 24.5 Å². The van der Waals surface area contributed by atoms with E-state index >= 15 is 0 Å². The molecule has 1 aromatic carbocycles. The second-order valence-corrected chi connectivity index (χ2v) is 8.01. The molecule has 1 aliphatic heterocycles. The van der Waals surface area contributed by atoms with E-state index in [-0.39, 0.29) is 6.04 Å². The molecule has 1 amide bonds. The third-order valence-corrected chi connectivity index (χ3v) is 5.79. The molecule has 5 rings (SSSR count). The molecule has 9 heteroatoms. The summed E-state index contributed by atoms with van der Waals surface area (Å²) in [6.07, 6.45) is 12.0. The average molecular weight is 429 g/mol. The van der Waals surface area contributed by atoms with E-state index in [1.807, 2.05) is 48.5 Å². The first-order valence-electron chi connectivity index (χ1n) is 10.5. The van der Waals surface area contributed by atoms with Crippen molar-refractivity contribution in [3.05, 3.63) is 61.4 Å². The molecule has 1 N–H and O–H groups in total. The van der Waals surface area contributed by atoms with E-state index in [1.54, 1.807) is 23.3 Å². The van der Waals surface area contributed by atoms with Crippen LogP contribution in [0.4, 0.5) is 4.79 Å². The molecule has 0 bridgehead atoms. The Hall–Kier alpha value is -4.01. The maximum atomic E-state index is 11.3. The van der Waals surface area contributed by atoms with E-state index in [1.165, 1.54) is 4.90 Å². The molecule has 4 heterocycles. The number of carbonyl (C=O) groups is 1. The second-order valence-electron chi connectivity index (χ2n) is 8.01. The summed E-state index contributed by atoms with van der Waals surface area (Å²) >= 11 is 0. The highest BCUT2D eigenvalue weighted by molar-refractivity contribution is 5.70. The van der Waals surface area contributed by atoms with Crippen molar-refractivity contribution in [2.45, 2.75) is 18.9 Å². The Morgan fingerprint density at radius 2 is 1.72 bits per heavy atom. The van der Waals surface area contributed by atoms with Crippen LogP contribution in [-0.2, 0) is 7.05 Å². The first-order valence-corrected chi connectivity index (χ1v) is 10.5. The predicted molar refractivity (Wildman–Crippen MR) is 119 cm³/mol. The van der Waals surface area contributed by atoms with Crippen LogP contribution in [0.15, 0.2) is 61.4 Å². The van der Waals surface area contributed by atoms with Gasteiger partial charge in [0.15, 0.2) is 5.82 Å². The van der Waals surface area contributed by atoms with E-state index in [0.717, 1.165) is 40.7 Å². The molecule has 3 aromatic heterocycles. The molecule has 1 saturated heterocycles. The van der Waals surface area contributed by atoms with Crippen LogP contribution in [0.3, 0.4) is 0 Å². The van der Waals surface area contributed by atoms with Crippen LogP contribution in [0.5, 0.6) is 0 Å². The fourth-order valence-corrected chi connectivity index (χ4v) is 4.07. The normalized spacial score (nSPS) is 16.3. The van der Waals surface area contributed by atoms with Gasteiger partial charge in [-0.25, -0.2) is 14.8 Å². The van der Waals surface area contributed by atoms with Crippen LogP contribution < -0.4 is 0 Å². The number of likely N-dealkylation sites (tertiary alicyclic amines) is 1. The summed E-state index contributed by atoms with van der Waals surface area (Å²) in [5.41, 5.74) is 4.82. The predicted octanol–water partition coefficient (Wildman–Crippen LogP) is 3.72. The molecule has 162 valence electrons. The third-order valence-electron chi connectivity index (χ3n) is 5.79. The summed E-state index contributed by atoms with van der Waals surface area (Å²) in [6.45, 7) is 1.04. The van der Waals surface area contributed by atoms with Crippen LogP contribution in [0.25, 0.3) is 33.6 Å². The zero-order valence-electron chi connectivity index (χ0n) is 17.7. The van der Waals surface area contributed by atoms with Gasteiger partial charge < -0.3 is 10.0 Å². The average Bonchev–Trinajstić information content (AvgIpc) is 3.49. The number of aromatic nitrogens is 6. The van der Waals surface area contributed by atoms with Gasteiger partial charge in [0.05, 0.1) is 18.4 Å². The Labute approximate surface area is 185 Å². The minimum atomic E-state index is -0.876. The number of piperidine rings is 1. The van der Waals surface area contributed by atoms with Gasteiger partial charge in [-0.2, -0.15) is 10.2 Å². The van der Waals surface area contributed by atoms with Gasteiger partial charge in [0.1, 0.15) is 0 Å². The summed E-state index contributed by atoms with van der Waals surface area (Å²) in [7, 11) is 1.90. The monoisotopic (exact) mass is 429 g/mol. The number of amides is 1. The fraction of sp³-hybridized carbons (Fsp3) is 0.261. The van der Waals surface area contributed by atoms with E-state index in [2.05, 4.69) is 26.2 Å². The third kappa shape index (κ3) is 3.96. The van der Waals surface area contributed by atoms with Crippen molar-refractivity contribution in [1.29, 1.82) is 0 Å². The smallest absolute Gasteiger partial charge is 0.407 e. The molecule has 0 saturated carbocycles. The number of carboxylic acid groups (broad SMARTS) is 1. The summed E-state index contributed by atoms with van der Waals surface area (Å²) in [5.74, 6) is 0.649. The summed E-state index contributed by atoms with van der Waals surface area (Å²) in [4.78, 5) is 21.9. The molecular formula is C23H23N7O2. The molecular weight excluding hydrogens is 406 g/mol. The van der Waals surface area contributed by atoms with Gasteiger partial charge in [-0.3, -0.25) is 9.36 Å². The van der Waals surface area contributed by atoms with E-state index in [0.29, 0.717) is 18.9 Å². The highest BCUT2D eigenvalue weighted by Gasteiger charge is 2.25. The van der Waals surface area contributed by atoms with Crippen LogP contribution in [0.1, 0.15) is 18.9 Å². The van der Waals surface area contributed by atoms with Crippen molar-refractivity contribution in [2.75, 3.05) is 13.1 Å². The highest BCUT2D eigenvalue weighted by atomic mass is 16.4. The highest BCUT2D eigenvalue weighted by Crippen LogP contribution is 2.27. The lowest BCUT2D eigenvalue weighted by Gasteiger charge is -2.30.